The van der Waals surface area contributed by atoms with Gasteiger partial charge in [-0.3, -0.25) is 14.4 Å². The second-order valence-corrected chi connectivity index (χ2v) is 7.13. The zero-order chi connectivity index (χ0) is 20.0. The van der Waals surface area contributed by atoms with Gasteiger partial charge < -0.3 is 10.1 Å². The van der Waals surface area contributed by atoms with Gasteiger partial charge in [-0.1, -0.05) is 39.0 Å². The van der Waals surface area contributed by atoms with E-state index >= 15 is 0 Å². The van der Waals surface area contributed by atoms with Crippen LogP contribution in [0.5, 0.6) is 0 Å². The Morgan fingerprint density at radius 2 is 1.63 bits per heavy atom. The summed E-state index contributed by atoms with van der Waals surface area (Å²) in [6.45, 7) is 4.97. The quantitative estimate of drug-likeness (QED) is 0.620. The maximum atomic E-state index is 13.5. The van der Waals surface area contributed by atoms with Gasteiger partial charge in [0.1, 0.15) is 5.82 Å². The number of halogens is 1. The molecule has 0 saturated carbocycles. The number of esters is 1. The monoisotopic (exact) mass is 371 g/mol. The van der Waals surface area contributed by atoms with Crippen LogP contribution in [0.3, 0.4) is 0 Å². The van der Waals surface area contributed by atoms with E-state index in [2.05, 4.69) is 5.32 Å². The topological polar surface area (TPSA) is 72.5 Å². The minimum absolute atomic E-state index is 0.136. The summed E-state index contributed by atoms with van der Waals surface area (Å²) in [5.74, 6) is -1.69. The number of carbonyl (C=O) groups excluding carboxylic acids is 3. The van der Waals surface area contributed by atoms with Crippen LogP contribution in [0.15, 0.2) is 48.5 Å². The Labute approximate surface area is 157 Å². The fourth-order valence-electron chi connectivity index (χ4n) is 2.14. The Kier molecular flexibility index (Phi) is 6.45. The zero-order valence-corrected chi connectivity index (χ0v) is 15.5. The lowest BCUT2D eigenvalue weighted by molar-refractivity contribution is -0.141. The number of carbonyl (C=O) groups is 3. The summed E-state index contributed by atoms with van der Waals surface area (Å²) in [5.41, 5.74) is 0.611. The molecule has 0 saturated heterocycles. The van der Waals surface area contributed by atoms with Crippen molar-refractivity contribution in [2.75, 3.05) is 11.9 Å². The molecule has 0 spiro atoms. The molecule has 2 rings (SSSR count). The third kappa shape index (κ3) is 6.02. The van der Waals surface area contributed by atoms with Crippen LogP contribution in [0.4, 0.5) is 10.1 Å². The summed E-state index contributed by atoms with van der Waals surface area (Å²) in [4.78, 5) is 35.8. The molecular weight excluding hydrogens is 349 g/mol. The SMILES string of the molecule is CC(C)(C)C(=O)Nc1ccc(C(=O)COC(=O)Cc2ccccc2F)cc1. The standard InChI is InChI=1S/C21H22FNO4/c1-21(2,3)20(26)23-16-10-8-14(9-11-16)18(24)13-27-19(25)12-15-6-4-5-7-17(15)22/h4-11H,12-13H2,1-3H3,(H,23,26). The number of hydrogen-bond donors (Lipinski definition) is 1. The van der Waals surface area contributed by atoms with E-state index in [0.29, 0.717) is 11.3 Å². The van der Waals surface area contributed by atoms with Crippen molar-refractivity contribution in [1.82, 2.24) is 0 Å². The maximum Gasteiger partial charge on any atom is 0.310 e. The number of Topliss-reactive ketones (excluding diaryl/α,β-unsaturated/α-hetero) is 1. The van der Waals surface area contributed by atoms with E-state index in [0.717, 1.165) is 0 Å². The van der Waals surface area contributed by atoms with Gasteiger partial charge in [-0.2, -0.15) is 0 Å². The van der Waals surface area contributed by atoms with Gasteiger partial charge in [0.2, 0.25) is 5.91 Å². The molecule has 0 bridgehead atoms. The number of ether oxygens (including phenoxy) is 1. The third-order valence-electron chi connectivity index (χ3n) is 3.80. The minimum atomic E-state index is -0.678. The first-order valence-corrected chi connectivity index (χ1v) is 8.50. The molecule has 0 atom stereocenters. The van der Waals surface area contributed by atoms with Crippen LogP contribution in [0, 0.1) is 11.2 Å². The molecule has 0 fully saturated rings. The van der Waals surface area contributed by atoms with Crippen molar-refractivity contribution in [3.8, 4) is 0 Å². The van der Waals surface area contributed by atoms with Gasteiger partial charge in [-0.25, -0.2) is 4.39 Å². The number of anilines is 1. The second-order valence-electron chi connectivity index (χ2n) is 7.13. The molecule has 0 aromatic heterocycles. The molecule has 27 heavy (non-hydrogen) atoms. The summed E-state index contributed by atoms with van der Waals surface area (Å²) in [7, 11) is 0. The van der Waals surface area contributed by atoms with Gasteiger partial charge in [0.15, 0.2) is 12.4 Å². The fraction of sp³-hybridized carbons (Fsp3) is 0.286. The van der Waals surface area contributed by atoms with E-state index in [1.165, 1.54) is 18.2 Å². The van der Waals surface area contributed by atoms with Crippen molar-refractivity contribution in [3.63, 3.8) is 0 Å². The highest BCUT2D eigenvalue weighted by molar-refractivity contribution is 5.99. The normalized spacial score (nSPS) is 11.0. The van der Waals surface area contributed by atoms with E-state index < -0.39 is 23.8 Å². The second kappa shape index (κ2) is 8.58. The molecule has 142 valence electrons. The van der Waals surface area contributed by atoms with Crippen molar-refractivity contribution < 1.29 is 23.5 Å². The number of amides is 1. The molecule has 5 nitrogen and oxygen atoms in total. The third-order valence-corrected chi connectivity index (χ3v) is 3.80. The highest BCUT2D eigenvalue weighted by atomic mass is 19.1. The Bertz CT molecular complexity index is 838. The highest BCUT2D eigenvalue weighted by Gasteiger charge is 2.21. The van der Waals surface area contributed by atoms with Crippen molar-refractivity contribution in [2.45, 2.75) is 27.2 Å². The highest BCUT2D eigenvalue weighted by Crippen LogP contribution is 2.18. The molecule has 2 aromatic carbocycles. The number of nitrogens with one attached hydrogen (secondary N) is 1. The molecule has 0 aliphatic carbocycles. The van der Waals surface area contributed by atoms with Crippen LogP contribution in [0.2, 0.25) is 0 Å². The van der Waals surface area contributed by atoms with Gasteiger partial charge in [0.25, 0.3) is 0 Å². The van der Waals surface area contributed by atoms with Crippen LogP contribution < -0.4 is 5.32 Å². The zero-order valence-electron chi connectivity index (χ0n) is 15.5. The van der Waals surface area contributed by atoms with Crippen LogP contribution in [-0.4, -0.2) is 24.3 Å². The molecule has 0 aliphatic heterocycles. The van der Waals surface area contributed by atoms with Gasteiger partial charge in [-0.15, -0.1) is 0 Å². The lowest BCUT2D eigenvalue weighted by atomic mass is 9.95. The van der Waals surface area contributed by atoms with Crippen molar-refractivity contribution in [2.24, 2.45) is 5.41 Å². The van der Waals surface area contributed by atoms with E-state index in [1.807, 2.05) is 0 Å². The number of ketones is 1. The minimum Gasteiger partial charge on any atom is -0.457 e. The van der Waals surface area contributed by atoms with Crippen LogP contribution in [0.25, 0.3) is 0 Å². The molecule has 0 aliphatic rings. The lowest BCUT2D eigenvalue weighted by Gasteiger charge is -2.17. The van der Waals surface area contributed by atoms with E-state index in [1.54, 1.807) is 51.1 Å². The van der Waals surface area contributed by atoms with Crippen molar-refractivity contribution >= 4 is 23.3 Å². The molecule has 6 heteroatoms. The average molecular weight is 371 g/mol. The number of rotatable bonds is 6. The summed E-state index contributed by atoms with van der Waals surface area (Å²) in [5, 5.41) is 2.76. The summed E-state index contributed by atoms with van der Waals surface area (Å²) >= 11 is 0. The number of benzene rings is 2. The Balaban J connectivity index is 1.88. The van der Waals surface area contributed by atoms with Crippen molar-refractivity contribution in [1.29, 1.82) is 0 Å². The van der Waals surface area contributed by atoms with E-state index in [9.17, 15) is 18.8 Å². The number of hydrogen-bond acceptors (Lipinski definition) is 4. The predicted octanol–water partition coefficient (Wildman–Crippen LogP) is 3.78. The fourth-order valence-corrected chi connectivity index (χ4v) is 2.14. The Hall–Kier alpha value is -3.02. The first-order chi connectivity index (χ1) is 12.7. The molecule has 0 heterocycles. The first kappa shape index (κ1) is 20.3. The molecule has 1 N–H and O–H groups in total. The van der Waals surface area contributed by atoms with E-state index in [4.69, 9.17) is 4.74 Å². The average Bonchev–Trinajstić information content (AvgIpc) is 2.61. The smallest absolute Gasteiger partial charge is 0.310 e. The lowest BCUT2D eigenvalue weighted by Crippen LogP contribution is -2.27. The summed E-state index contributed by atoms with van der Waals surface area (Å²) < 4.78 is 18.4. The summed E-state index contributed by atoms with van der Waals surface area (Å²) in [6, 6.07) is 12.2. The van der Waals surface area contributed by atoms with Gasteiger partial charge in [0, 0.05) is 16.7 Å². The summed E-state index contributed by atoms with van der Waals surface area (Å²) in [6.07, 6.45) is -0.238. The molecule has 2 aromatic rings. The van der Waals surface area contributed by atoms with Crippen LogP contribution in [-0.2, 0) is 20.7 Å². The van der Waals surface area contributed by atoms with E-state index in [-0.39, 0.29) is 23.7 Å². The van der Waals surface area contributed by atoms with Gasteiger partial charge in [-0.05, 0) is 35.9 Å². The predicted molar refractivity (Wildman–Crippen MR) is 99.9 cm³/mol. The van der Waals surface area contributed by atoms with Crippen molar-refractivity contribution in [3.05, 3.63) is 65.5 Å². The Morgan fingerprint density at radius 1 is 1.00 bits per heavy atom. The molecular formula is C21H22FNO4. The maximum absolute atomic E-state index is 13.5. The van der Waals surface area contributed by atoms with Crippen LogP contribution in [0.1, 0.15) is 36.7 Å². The molecule has 1 amide bonds. The first-order valence-electron chi connectivity index (χ1n) is 8.50. The van der Waals surface area contributed by atoms with Gasteiger partial charge >= 0.3 is 5.97 Å². The Morgan fingerprint density at radius 3 is 2.22 bits per heavy atom. The largest absolute Gasteiger partial charge is 0.457 e. The van der Waals surface area contributed by atoms with Crippen LogP contribution >= 0.6 is 0 Å². The molecule has 0 unspecified atom stereocenters. The molecule has 0 radical (unpaired) electrons. The van der Waals surface area contributed by atoms with Gasteiger partial charge in [0.05, 0.1) is 6.42 Å².